The molecular weight excluding hydrogens is 450 g/mol. The highest BCUT2D eigenvalue weighted by atomic mass is 19.1. The number of benzene rings is 3. The summed E-state index contributed by atoms with van der Waals surface area (Å²) in [5, 5.41) is 2.60. The zero-order valence-corrected chi connectivity index (χ0v) is 19.6. The zero-order chi connectivity index (χ0) is 25.2. The average molecular weight is 475 g/mol. The minimum atomic E-state index is -1.94. The number of anilines is 1. The molecule has 35 heavy (non-hydrogen) atoms. The summed E-state index contributed by atoms with van der Waals surface area (Å²) in [6, 6.07) is 18.9. The number of carbonyl (C=O) groups excluding carboxylic acids is 2. The number of hydrogen-bond acceptors (Lipinski definition) is 3. The van der Waals surface area contributed by atoms with Crippen molar-refractivity contribution in [3.63, 3.8) is 0 Å². The Hall–Kier alpha value is -4.18. The number of alkyl carbamates (subject to hydrolysis) is 1. The standard InChI is InChI=1S/C28H24F2N2O3/c1-27(2,3)35-26(34)31-28(16-15-19-11-7-12-21(29)17-19)22-13-8-14-23(30)24(22)32(25(28)33)18-20-9-5-4-6-10-20/h4-14,17H,18H2,1-3H3,(H,31,34)/t28-/m0/s1. The SMILES string of the molecule is CC(C)(C)OC(=O)N[C@]1(C#Cc2cccc(F)c2)C(=O)N(Cc2ccccc2)c2c(F)cccc21. The fourth-order valence-corrected chi connectivity index (χ4v) is 3.89. The molecule has 1 aliphatic rings. The highest BCUT2D eigenvalue weighted by Crippen LogP contribution is 2.43. The Bertz CT molecular complexity index is 1340. The Morgan fingerprint density at radius 1 is 1.03 bits per heavy atom. The smallest absolute Gasteiger partial charge is 0.409 e. The molecular formula is C28H24F2N2O3. The van der Waals surface area contributed by atoms with Crippen molar-refractivity contribution in [3.05, 3.63) is 101 Å². The molecule has 0 aromatic heterocycles. The third-order valence-electron chi connectivity index (χ3n) is 5.32. The molecule has 1 aliphatic heterocycles. The second kappa shape index (κ2) is 9.22. The molecule has 0 saturated heterocycles. The fraction of sp³-hybridized carbons (Fsp3) is 0.214. The van der Waals surface area contributed by atoms with Gasteiger partial charge >= 0.3 is 6.09 Å². The molecule has 1 N–H and O–H groups in total. The number of para-hydroxylation sites is 1. The minimum Gasteiger partial charge on any atom is -0.444 e. The molecule has 0 aliphatic carbocycles. The number of hydrogen-bond donors (Lipinski definition) is 1. The van der Waals surface area contributed by atoms with Gasteiger partial charge in [-0.25, -0.2) is 13.6 Å². The Morgan fingerprint density at radius 2 is 1.74 bits per heavy atom. The second-order valence-corrected chi connectivity index (χ2v) is 9.15. The Morgan fingerprint density at radius 3 is 2.43 bits per heavy atom. The summed E-state index contributed by atoms with van der Waals surface area (Å²) in [7, 11) is 0. The molecule has 5 nitrogen and oxygen atoms in total. The van der Waals surface area contributed by atoms with Crippen molar-refractivity contribution >= 4 is 17.7 Å². The van der Waals surface area contributed by atoms with E-state index in [4.69, 9.17) is 4.74 Å². The van der Waals surface area contributed by atoms with Crippen LogP contribution in [0.1, 0.15) is 37.5 Å². The predicted molar refractivity (Wildman–Crippen MR) is 128 cm³/mol. The summed E-state index contributed by atoms with van der Waals surface area (Å²) in [6.07, 6.45) is -0.892. The maximum atomic E-state index is 15.1. The van der Waals surface area contributed by atoms with Gasteiger partial charge in [0.05, 0.1) is 12.2 Å². The van der Waals surface area contributed by atoms with Crippen LogP contribution in [0, 0.1) is 23.5 Å². The van der Waals surface area contributed by atoms with Crippen molar-refractivity contribution in [3.8, 4) is 11.8 Å². The number of fused-ring (bicyclic) bond motifs is 1. The first-order chi connectivity index (χ1) is 16.6. The lowest BCUT2D eigenvalue weighted by Gasteiger charge is -2.27. The monoisotopic (exact) mass is 474 g/mol. The quantitative estimate of drug-likeness (QED) is 0.526. The first-order valence-electron chi connectivity index (χ1n) is 11.0. The summed E-state index contributed by atoms with van der Waals surface area (Å²) in [5.41, 5.74) is -1.54. The minimum absolute atomic E-state index is 0.0194. The highest BCUT2D eigenvalue weighted by Gasteiger charge is 2.53. The maximum Gasteiger partial charge on any atom is 0.409 e. The molecule has 7 heteroatoms. The fourth-order valence-electron chi connectivity index (χ4n) is 3.89. The van der Waals surface area contributed by atoms with Crippen LogP contribution in [0.15, 0.2) is 72.8 Å². The van der Waals surface area contributed by atoms with Crippen LogP contribution in [0.3, 0.4) is 0 Å². The highest BCUT2D eigenvalue weighted by molar-refractivity contribution is 6.11. The maximum absolute atomic E-state index is 15.1. The van der Waals surface area contributed by atoms with Crippen molar-refractivity contribution in [1.29, 1.82) is 0 Å². The molecule has 0 unspecified atom stereocenters. The predicted octanol–water partition coefficient (Wildman–Crippen LogP) is 5.28. The topological polar surface area (TPSA) is 58.6 Å². The van der Waals surface area contributed by atoms with Crippen molar-refractivity contribution < 1.29 is 23.1 Å². The second-order valence-electron chi connectivity index (χ2n) is 9.15. The molecule has 0 saturated carbocycles. The van der Waals surface area contributed by atoms with Gasteiger partial charge in [-0.2, -0.15) is 0 Å². The molecule has 3 aromatic carbocycles. The van der Waals surface area contributed by atoms with Crippen LogP contribution < -0.4 is 10.2 Å². The molecule has 0 radical (unpaired) electrons. The lowest BCUT2D eigenvalue weighted by Crippen LogP contribution is -2.53. The van der Waals surface area contributed by atoms with Crippen molar-refractivity contribution in [1.82, 2.24) is 5.32 Å². The molecule has 2 amide bonds. The number of nitrogens with one attached hydrogen (secondary N) is 1. The molecule has 3 aromatic rings. The number of carbonyl (C=O) groups is 2. The van der Waals surface area contributed by atoms with E-state index in [-0.39, 0.29) is 17.8 Å². The molecule has 0 fully saturated rings. The van der Waals surface area contributed by atoms with Gasteiger partial charge in [-0.05, 0) is 50.6 Å². The van der Waals surface area contributed by atoms with Crippen LogP contribution >= 0.6 is 0 Å². The van der Waals surface area contributed by atoms with Crippen LogP contribution in [0.25, 0.3) is 0 Å². The molecule has 0 spiro atoms. The van der Waals surface area contributed by atoms with Gasteiger partial charge in [-0.3, -0.25) is 10.1 Å². The van der Waals surface area contributed by atoms with Crippen LogP contribution in [-0.2, 0) is 21.6 Å². The lowest BCUT2D eigenvalue weighted by atomic mass is 9.91. The van der Waals surface area contributed by atoms with E-state index in [1.54, 1.807) is 32.9 Å². The molecule has 4 rings (SSSR count). The number of halogens is 2. The van der Waals surface area contributed by atoms with Gasteiger partial charge in [0.15, 0.2) is 0 Å². The normalized spacial score (nSPS) is 16.8. The molecule has 0 bridgehead atoms. The molecule has 1 heterocycles. The Kier molecular flexibility index (Phi) is 6.31. The summed E-state index contributed by atoms with van der Waals surface area (Å²) in [4.78, 5) is 28.1. The van der Waals surface area contributed by atoms with E-state index in [0.29, 0.717) is 5.56 Å². The average Bonchev–Trinajstić information content (AvgIpc) is 3.01. The van der Waals surface area contributed by atoms with E-state index >= 15 is 4.39 Å². The number of ether oxygens (including phenoxy) is 1. The van der Waals surface area contributed by atoms with Gasteiger partial charge in [0.1, 0.15) is 17.2 Å². The number of nitrogens with zero attached hydrogens (tertiary/aromatic N) is 1. The van der Waals surface area contributed by atoms with Gasteiger partial charge in [0.25, 0.3) is 5.91 Å². The Labute approximate surface area is 202 Å². The van der Waals surface area contributed by atoms with Gasteiger partial charge in [-0.15, -0.1) is 0 Å². The summed E-state index contributed by atoms with van der Waals surface area (Å²) < 4.78 is 34.3. The third kappa shape index (κ3) is 5.02. The number of amides is 2. The summed E-state index contributed by atoms with van der Waals surface area (Å²) in [5.74, 6) is 3.83. The van der Waals surface area contributed by atoms with E-state index in [2.05, 4.69) is 17.2 Å². The Balaban J connectivity index is 1.87. The van der Waals surface area contributed by atoms with Crippen molar-refractivity contribution in [2.45, 2.75) is 38.5 Å². The van der Waals surface area contributed by atoms with Crippen LogP contribution in [0.4, 0.5) is 19.3 Å². The van der Waals surface area contributed by atoms with Crippen LogP contribution in [0.5, 0.6) is 0 Å². The van der Waals surface area contributed by atoms with E-state index in [1.165, 1.54) is 35.2 Å². The lowest BCUT2D eigenvalue weighted by molar-refractivity contribution is -0.122. The van der Waals surface area contributed by atoms with E-state index < -0.39 is 34.8 Å². The largest absolute Gasteiger partial charge is 0.444 e. The first-order valence-corrected chi connectivity index (χ1v) is 11.0. The van der Waals surface area contributed by atoms with Gasteiger partial charge in [0.2, 0.25) is 5.54 Å². The van der Waals surface area contributed by atoms with Gasteiger partial charge < -0.3 is 9.64 Å². The van der Waals surface area contributed by atoms with Crippen molar-refractivity contribution in [2.24, 2.45) is 0 Å². The van der Waals surface area contributed by atoms with E-state index in [0.717, 1.165) is 5.56 Å². The summed E-state index contributed by atoms with van der Waals surface area (Å²) in [6.45, 7) is 5.11. The molecule has 178 valence electrons. The van der Waals surface area contributed by atoms with E-state index in [9.17, 15) is 14.0 Å². The zero-order valence-electron chi connectivity index (χ0n) is 19.6. The molecule has 1 atom stereocenters. The number of rotatable bonds is 3. The first kappa shape index (κ1) is 24.0. The van der Waals surface area contributed by atoms with Crippen molar-refractivity contribution in [2.75, 3.05) is 4.90 Å². The third-order valence-corrected chi connectivity index (χ3v) is 5.32. The summed E-state index contributed by atoms with van der Waals surface area (Å²) >= 11 is 0. The van der Waals surface area contributed by atoms with Gasteiger partial charge in [0, 0.05) is 11.1 Å². The van der Waals surface area contributed by atoms with Gasteiger partial charge in [-0.1, -0.05) is 60.4 Å². The van der Waals surface area contributed by atoms with Crippen LogP contribution in [-0.4, -0.2) is 17.6 Å². The van der Waals surface area contributed by atoms with Crippen LogP contribution in [0.2, 0.25) is 0 Å². The van der Waals surface area contributed by atoms with E-state index in [1.807, 2.05) is 30.3 Å².